The van der Waals surface area contributed by atoms with Crippen molar-refractivity contribution >= 4 is 22.9 Å². The van der Waals surface area contributed by atoms with E-state index in [1.165, 1.54) is 11.0 Å². The third-order valence-corrected chi connectivity index (χ3v) is 9.09. The van der Waals surface area contributed by atoms with Crippen LogP contribution in [0, 0.1) is 0 Å². The van der Waals surface area contributed by atoms with Gasteiger partial charge in [0.2, 0.25) is 0 Å². The number of pyridine rings is 1. The van der Waals surface area contributed by atoms with Gasteiger partial charge in [0.15, 0.2) is 11.6 Å². The van der Waals surface area contributed by atoms with Crippen LogP contribution in [0.4, 0.5) is 11.5 Å². The van der Waals surface area contributed by atoms with Crippen LogP contribution in [0.15, 0.2) is 65.8 Å². The number of aliphatic hydroxyl groups is 1. The summed E-state index contributed by atoms with van der Waals surface area (Å²) < 4.78 is 5.32. The Hall–Kier alpha value is -4.85. The first-order valence-electron chi connectivity index (χ1n) is 16.2. The van der Waals surface area contributed by atoms with Gasteiger partial charge < -0.3 is 16.2 Å². The van der Waals surface area contributed by atoms with Gasteiger partial charge in [-0.15, -0.1) is 0 Å². The number of benzene rings is 1. The molecule has 2 aliphatic heterocycles. The molecule has 0 atom stereocenters. The molecule has 5 N–H and O–H groups in total. The fourth-order valence-corrected chi connectivity index (χ4v) is 6.74. The Bertz CT molecular complexity index is 1960. The Morgan fingerprint density at radius 3 is 2.57 bits per heavy atom. The molecule has 0 saturated carbocycles. The lowest BCUT2D eigenvalue weighted by Gasteiger charge is -2.33. The van der Waals surface area contributed by atoms with Crippen LogP contribution in [-0.2, 0) is 13.0 Å². The molecule has 0 bridgehead atoms. The second-order valence-electron chi connectivity index (χ2n) is 13.0. The van der Waals surface area contributed by atoms with Crippen LogP contribution in [0.1, 0.15) is 67.2 Å². The molecule has 5 aromatic rings. The molecule has 244 valence electrons. The molecule has 2 aliphatic rings. The molecule has 1 saturated heterocycles. The van der Waals surface area contributed by atoms with Crippen LogP contribution in [0.2, 0.25) is 0 Å². The maximum atomic E-state index is 13.6. The van der Waals surface area contributed by atoms with Gasteiger partial charge in [0.1, 0.15) is 17.4 Å². The van der Waals surface area contributed by atoms with Gasteiger partial charge in [-0.3, -0.25) is 19.7 Å². The van der Waals surface area contributed by atoms with Gasteiger partial charge in [-0.2, -0.15) is 9.78 Å². The second kappa shape index (κ2) is 12.4. The summed E-state index contributed by atoms with van der Waals surface area (Å²) in [6.07, 6.45) is 7.47. The average Bonchev–Trinajstić information content (AvgIpc) is 3.60. The number of aromatic nitrogens is 6. The van der Waals surface area contributed by atoms with E-state index in [1.54, 1.807) is 32.2 Å². The first-order valence-corrected chi connectivity index (χ1v) is 16.2. The normalized spacial score (nSPS) is 16.0. The fraction of sp³-hybridized carbons (Fsp3) is 0.382. The summed E-state index contributed by atoms with van der Waals surface area (Å²) in [6, 6.07) is 15.1. The van der Waals surface area contributed by atoms with Gasteiger partial charge in [0.05, 0.1) is 11.3 Å². The van der Waals surface area contributed by atoms with Crippen molar-refractivity contribution in [3.8, 4) is 16.9 Å². The summed E-state index contributed by atoms with van der Waals surface area (Å²) >= 11 is 0. The van der Waals surface area contributed by atoms with Crippen molar-refractivity contribution in [3.05, 3.63) is 88.4 Å². The highest BCUT2D eigenvalue weighted by Crippen LogP contribution is 2.37. The third kappa shape index (κ3) is 6.04. The number of hydrogen-bond acceptors (Lipinski definition) is 9. The SMILES string of the molecule is CC(C)(O)CNN1CCC(c2cc(-c3ccc(NC(=O)c4c5n(n(-c6ccccn6)c4=O)CCCC5)cc3)c3c(N)ncnn23)CC1. The van der Waals surface area contributed by atoms with Gasteiger partial charge in [-0.25, -0.2) is 19.5 Å². The van der Waals surface area contributed by atoms with Crippen molar-refractivity contribution in [2.24, 2.45) is 0 Å². The molecule has 6 heterocycles. The molecule has 13 heteroatoms. The van der Waals surface area contributed by atoms with Gasteiger partial charge in [-0.1, -0.05) is 18.2 Å². The molecule has 1 aromatic carbocycles. The number of carbonyl (C=O) groups is 1. The lowest BCUT2D eigenvalue weighted by Crippen LogP contribution is -2.48. The van der Waals surface area contributed by atoms with Crippen molar-refractivity contribution < 1.29 is 9.90 Å². The Kier molecular flexibility index (Phi) is 8.12. The van der Waals surface area contributed by atoms with Crippen LogP contribution in [0.25, 0.3) is 22.5 Å². The van der Waals surface area contributed by atoms with Gasteiger partial charge in [0, 0.05) is 55.2 Å². The minimum absolute atomic E-state index is 0.161. The lowest BCUT2D eigenvalue weighted by atomic mass is 9.93. The van der Waals surface area contributed by atoms with E-state index in [4.69, 9.17) is 5.73 Å². The van der Waals surface area contributed by atoms with Crippen LogP contribution >= 0.6 is 0 Å². The number of nitrogens with two attached hydrogens (primary N) is 1. The number of fused-ring (bicyclic) bond motifs is 2. The van der Waals surface area contributed by atoms with Gasteiger partial charge in [0.25, 0.3) is 11.5 Å². The van der Waals surface area contributed by atoms with Crippen LogP contribution in [-0.4, -0.2) is 70.2 Å². The molecule has 4 aromatic heterocycles. The first kappa shape index (κ1) is 30.8. The summed E-state index contributed by atoms with van der Waals surface area (Å²) in [4.78, 5) is 35.9. The number of rotatable bonds is 8. The Balaban J connectivity index is 1.13. The van der Waals surface area contributed by atoms with Crippen LogP contribution < -0.4 is 22.0 Å². The molecule has 47 heavy (non-hydrogen) atoms. The zero-order valence-electron chi connectivity index (χ0n) is 26.7. The second-order valence-corrected chi connectivity index (χ2v) is 13.0. The van der Waals surface area contributed by atoms with E-state index in [0.29, 0.717) is 36.8 Å². The van der Waals surface area contributed by atoms with E-state index in [0.717, 1.165) is 66.8 Å². The van der Waals surface area contributed by atoms with Crippen LogP contribution in [0.3, 0.4) is 0 Å². The molecule has 0 aliphatic carbocycles. The van der Waals surface area contributed by atoms with Crippen molar-refractivity contribution in [1.82, 2.24) is 39.4 Å². The topological polar surface area (TPSA) is 161 Å². The zero-order valence-corrected chi connectivity index (χ0v) is 26.7. The molecular formula is C34H40N10O3. The fourth-order valence-electron chi connectivity index (χ4n) is 6.74. The summed E-state index contributed by atoms with van der Waals surface area (Å²) in [5.41, 5.74) is 13.7. The Labute approximate surface area is 272 Å². The van der Waals surface area contributed by atoms with Gasteiger partial charge >= 0.3 is 0 Å². The maximum Gasteiger partial charge on any atom is 0.285 e. The molecule has 0 spiro atoms. The summed E-state index contributed by atoms with van der Waals surface area (Å²) in [7, 11) is 0. The summed E-state index contributed by atoms with van der Waals surface area (Å²) in [5, 5.41) is 19.8. The molecule has 13 nitrogen and oxygen atoms in total. The first-order chi connectivity index (χ1) is 22.7. The largest absolute Gasteiger partial charge is 0.389 e. The minimum Gasteiger partial charge on any atom is -0.389 e. The van der Waals surface area contributed by atoms with Crippen molar-refractivity contribution in [2.45, 2.75) is 64.0 Å². The number of nitrogens with one attached hydrogen (secondary N) is 2. The van der Waals surface area contributed by atoms with Crippen molar-refractivity contribution in [1.29, 1.82) is 0 Å². The number of amides is 1. The standard InChI is InChI=1S/C34H40N10O3/c1-34(2,47)20-38-41-17-13-23(14-18-41)27-19-25(30-31(35)37-21-39-43(27)30)22-9-11-24(12-10-22)40-32(45)29-26-7-4-6-16-42(26)44(33(29)46)28-8-3-5-15-36-28/h3,5,8-12,15,19,21,23,38,47H,4,6-7,13-14,16-18,20H2,1-2H3,(H,40,45)(H2,35,37,39). The quantitative estimate of drug-likeness (QED) is 0.200. The van der Waals surface area contributed by atoms with E-state index < -0.39 is 11.5 Å². The molecule has 1 amide bonds. The van der Waals surface area contributed by atoms with E-state index in [9.17, 15) is 14.7 Å². The Morgan fingerprint density at radius 1 is 1.06 bits per heavy atom. The van der Waals surface area contributed by atoms with Crippen molar-refractivity contribution in [3.63, 3.8) is 0 Å². The highest BCUT2D eigenvalue weighted by Gasteiger charge is 2.29. The lowest BCUT2D eigenvalue weighted by molar-refractivity contribution is 0.0398. The summed E-state index contributed by atoms with van der Waals surface area (Å²) in [5.74, 6) is 0.735. The predicted molar refractivity (Wildman–Crippen MR) is 179 cm³/mol. The number of piperidine rings is 1. The third-order valence-electron chi connectivity index (χ3n) is 9.09. The molecule has 1 fully saturated rings. The minimum atomic E-state index is -0.778. The molecule has 0 unspecified atom stereocenters. The number of hydrogen-bond donors (Lipinski definition) is 4. The van der Waals surface area contributed by atoms with E-state index in [2.05, 4.69) is 36.9 Å². The average molecular weight is 637 g/mol. The molecular weight excluding hydrogens is 596 g/mol. The van der Waals surface area contributed by atoms with E-state index >= 15 is 0 Å². The highest BCUT2D eigenvalue weighted by molar-refractivity contribution is 6.05. The van der Waals surface area contributed by atoms with Crippen molar-refractivity contribution in [2.75, 3.05) is 30.7 Å². The van der Waals surface area contributed by atoms with E-state index in [-0.39, 0.29) is 17.0 Å². The van der Waals surface area contributed by atoms with E-state index in [1.807, 2.05) is 39.5 Å². The molecule has 7 rings (SSSR count). The highest BCUT2D eigenvalue weighted by atomic mass is 16.3. The number of nitrogens with zero attached hydrogens (tertiary/aromatic N) is 7. The molecule has 0 radical (unpaired) electrons. The predicted octanol–water partition coefficient (Wildman–Crippen LogP) is 3.37. The number of anilines is 2. The summed E-state index contributed by atoms with van der Waals surface area (Å²) in [6.45, 7) is 6.42. The smallest absolute Gasteiger partial charge is 0.285 e. The van der Waals surface area contributed by atoms with Gasteiger partial charge in [-0.05, 0) is 81.8 Å². The maximum absolute atomic E-state index is 13.6. The Morgan fingerprint density at radius 2 is 1.85 bits per heavy atom. The number of hydrazine groups is 1. The monoisotopic (exact) mass is 636 g/mol. The number of nitrogen functional groups attached to an aromatic ring is 1. The number of carbonyl (C=O) groups excluding carboxylic acids is 1. The van der Waals surface area contributed by atoms with Crippen LogP contribution in [0.5, 0.6) is 0 Å². The zero-order chi connectivity index (χ0) is 32.7.